The third kappa shape index (κ3) is 5.40. The molecule has 0 fully saturated rings. The molecule has 1 unspecified atom stereocenters. The smallest absolute Gasteiger partial charge is 0.251 e. The molecule has 0 saturated heterocycles. The van der Waals surface area contributed by atoms with E-state index in [-0.39, 0.29) is 11.7 Å². The van der Waals surface area contributed by atoms with E-state index in [0.717, 1.165) is 46.3 Å². The van der Waals surface area contributed by atoms with E-state index in [4.69, 9.17) is 4.98 Å². The third-order valence-corrected chi connectivity index (χ3v) is 6.65. The van der Waals surface area contributed by atoms with E-state index in [1.165, 1.54) is 23.3 Å². The number of halogens is 1. The van der Waals surface area contributed by atoms with E-state index in [1.807, 2.05) is 31.2 Å². The van der Waals surface area contributed by atoms with Crippen molar-refractivity contribution in [3.05, 3.63) is 94.6 Å². The number of benzene rings is 2. The molecule has 1 amide bonds. The fourth-order valence-corrected chi connectivity index (χ4v) is 4.56. The Balaban J connectivity index is 1.57. The number of nitrogens with zero attached hydrogens (tertiary/aromatic N) is 2. The maximum atomic E-state index is 13.6. The van der Waals surface area contributed by atoms with Gasteiger partial charge in [-0.25, -0.2) is 4.39 Å². The predicted molar refractivity (Wildman–Crippen MR) is 140 cm³/mol. The highest BCUT2D eigenvalue weighted by molar-refractivity contribution is 5.98. The zero-order chi connectivity index (χ0) is 24.9. The first-order chi connectivity index (χ1) is 16.9. The summed E-state index contributed by atoms with van der Waals surface area (Å²) in [5.41, 5.74) is 7.76. The van der Waals surface area contributed by atoms with Gasteiger partial charge in [0.2, 0.25) is 0 Å². The van der Waals surface area contributed by atoms with Crippen LogP contribution in [0.2, 0.25) is 0 Å². The Kier molecular flexibility index (Phi) is 7.54. The van der Waals surface area contributed by atoms with Crippen molar-refractivity contribution in [3.63, 3.8) is 0 Å². The van der Waals surface area contributed by atoms with Crippen LogP contribution in [0.1, 0.15) is 65.9 Å². The van der Waals surface area contributed by atoms with Crippen molar-refractivity contribution in [3.8, 4) is 11.3 Å². The molecular formula is C30H32FN3O. The zero-order valence-electron chi connectivity index (χ0n) is 20.9. The van der Waals surface area contributed by atoms with Gasteiger partial charge < -0.3 is 5.32 Å². The number of nitrogens with one attached hydrogen (secondary N) is 1. The van der Waals surface area contributed by atoms with Crippen molar-refractivity contribution >= 4 is 16.8 Å². The highest BCUT2D eigenvalue weighted by Gasteiger charge is 2.17. The molecule has 5 heteroatoms. The van der Waals surface area contributed by atoms with Crippen LogP contribution < -0.4 is 5.32 Å². The van der Waals surface area contributed by atoms with E-state index >= 15 is 0 Å². The first-order valence-electron chi connectivity index (χ1n) is 12.3. The molecule has 180 valence electrons. The molecule has 0 aliphatic rings. The monoisotopic (exact) mass is 469 g/mol. The number of pyridine rings is 2. The maximum Gasteiger partial charge on any atom is 0.251 e. The number of hydrogen-bond donors (Lipinski definition) is 1. The normalized spacial score (nSPS) is 12.0. The van der Waals surface area contributed by atoms with Crippen LogP contribution in [0, 0.1) is 12.7 Å². The molecule has 0 aliphatic carbocycles. The summed E-state index contributed by atoms with van der Waals surface area (Å²) in [5, 5.41) is 4.00. The minimum atomic E-state index is -0.257. The number of carbonyl (C=O) groups excluding carboxylic acids is 1. The lowest BCUT2D eigenvalue weighted by Gasteiger charge is -2.20. The molecule has 35 heavy (non-hydrogen) atoms. The van der Waals surface area contributed by atoms with Crippen LogP contribution in [0.15, 0.2) is 60.8 Å². The average molecular weight is 470 g/mol. The first kappa shape index (κ1) is 24.5. The van der Waals surface area contributed by atoms with Crippen LogP contribution in [0.5, 0.6) is 0 Å². The second-order valence-corrected chi connectivity index (χ2v) is 9.07. The highest BCUT2D eigenvalue weighted by atomic mass is 19.1. The van der Waals surface area contributed by atoms with Crippen molar-refractivity contribution in [1.29, 1.82) is 0 Å². The summed E-state index contributed by atoms with van der Waals surface area (Å²) in [6, 6.07) is 16.3. The van der Waals surface area contributed by atoms with Gasteiger partial charge >= 0.3 is 0 Å². The minimum absolute atomic E-state index is 0.107. The zero-order valence-corrected chi connectivity index (χ0v) is 20.9. The van der Waals surface area contributed by atoms with E-state index < -0.39 is 0 Å². The van der Waals surface area contributed by atoms with Gasteiger partial charge in [0, 0.05) is 41.4 Å². The summed E-state index contributed by atoms with van der Waals surface area (Å²) < 4.78 is 13.6. The fourth-order valence-electron chi connectivity index (χ4n) is 4.56. The standard InChI is InChI=1S/C30H32FN3O/c1-5-19(3)27-18-25(34-29(26(27)6-2)21-9-11-24(31)12-10-21)13-15-33-30(35)23-16-20(4)28-22(17-23)8-7-14-32-28/h7-12,14,16-19H,5-6,13,15H2,1-4H3,(H,33,35). The van der Waals surface area contributed by atoms with Crippen LogP contribution in [0.3, 0.4) is 0 Å². The Hall–Kier alpha value is -3.60. The lowest BCUT2D eigenvalue weighted by molar-refractivity contribution is 0.0954. The van der Waals surface area contributed by atoms with Crippen molar-refractivity contribution < 1.29 is 9.18 Å². The summed E-state index contributed by atoms with van der Waals surface area (Å²) in [5.74, 6) is 0.0205. The Morgan fingerprint density at radius 1 is 1.09 bits per heavy atom. The van der Waals surface area contributed by atoms with Crippen LogP contribution >= 0.6 is 0 Å². The number of carbonyl (C=O) groups is 1. The van der Waals surface area contributed by atoms with Crippen molar-refractivity contribution in [2.45, 2.75) is 52.9 Å². The number of aryl methyl sites for hydroxylation is 1. The Bertz CT molecular complexity index is 1350. The fraction of sp³-hybridized carbons (Fsp3) is 0.300. The molecule has 4 rings (SSSR count). The van der Waals surface area contributed by atoms with Crippen molar-refractivity contribution in [1.82, 2.24) is 15.3 Å². The van der Waals surface area contributed by atoms with Gasteiger partial charge in [0.05, 0.1) is 11.2 Å². The van der Waals surface area contributed by atoms with Crippen molar-refractivity contribution in [2.75, 3.05) is 6.54 Å². The van der Waals surface area contributed by atoms with Crippen LogP contribution in [-0.4, -0.2) is 22.4 Å². The number of fused-ring (bicyclic) bond motifs is 1. The Morgan fingerprint density at radius 2 is 1.86 bits per heavy atom. The second-order valence-electron chi connectivity index (χ2n) is 9.07. The summed E-state index contributed by atoms with van der Waals surface area (Å²) in [6.45, 7) is 8.99. The molecule has 0 bridgehead atoms. The highest BCUT2D eigenvalue weighted by Crippen LogP contribution is 2.32. The molecule has 2 aromatic carbocycles. The predicted octanol–water partition coefficient (Wildman–Crippen LogP) is 6.79. The van der Waals surface area contributed by atoms with Gasteiger partial charge in [-0.3, -0.25) is 14.8 Å². The molecule has 1 atom stereocenters. The molecule has 2 aromatic heterocycles. The molecule has 1 N–H and O–H groups in total. The van der Waals surface area contributed by atoms with Crippen LogP contribution in [0.25, 0.3) is 22.2 Å². The third-order valence-electron chi connectivity index (χ3n) is 6.65. The topological polar surface area (TPSA) is 54.9 Å². The molecule has 2 heterocycles. The Labute approximate surface area is 206 Å². The summed E-state index contributed by atoms with van der Waals surface area (Å²) >= 11 is 0. The molecule has 0 saturated carbocycles. The number of aromatic nitrogens is 2. The largest absolute Gasteiger partial charge is 0.352 e. The lowest BCUT2D eigenvalue weighted by Crippen LogP contribution is -2.26. The minimum Gasteiger partial charge on any atom is -0.352 e. The first-order valence-corrected chi connectivity index (χ1v) is 12.3. The molecule has 0 radical (unpaired) electrons. The molecule has 4 nitrogen and oxygen atoms in total. The van der Waals surface area contributed by atoms with Crippen LogP contribution in [-0.2, 0) is 12.8 Å². The van der Waals surface area contributed by atoms with Gasteiger partial charge in [-0.1, -0.05) is 26.8 Å². The van der Waals surface area contributed by atoms with Crippen molar-refractivity contribution in [2.24, 2.45) is 0 Å². The summed E-state index contributed by atoms with van der Waals surface area (Å²) in [7, 11) is 0. The van der Waals surface area contributed by atoms with Crippen LogP contribution in [0.4, 0.5) is 4.39 Å². The SMILES string of the molecule is CCc1c(C(C)CC)cc(CCNC(=O)c2cc(C)c3ncccc3c2)nc1-c1ccc(F)cc1. The van der Waals surface area contributed by atoms with Gasteiger partial charge in [0.1, 0.15) is 5.82 Å². The van der Waals surface area contributed by atoms with E-state index in [2.05, 4.69) is 37.1 Å². The van der Waals surface area contributed by atoms with Gasteiger partial charge in [-0.2, -0.15) is 0 Å². The molecule has 0 spiro atoms. The quantitative estimate of drug-likeness (QED) is 0.309. The Morgan fingerprint density at radius 3 is 2.57 bits per heavy atom. The van der Waals surface area contributed by atoms with Gasteiger partial charge in [-0.05, 0) is 90.9 Å². The molecular weight excluding hydrogens is 437 g/mol. The maximum absolute atomic E-state index is 13.6. The van der Waals surface area contributed by atoms with Gasteiger partial charge in [0.25, 0.3) is 5.91 Å². The number of rotatable bonds is 8. The van der Waals surface area contributed by atoms with Gasteiger partial charge in [0.15, 0.2) is 0 Å². The lowest BCUT2D eigenvalue weighted by atomic mass is 9.89. The number of amides is 1. The number of hydrogen-bond acceptors (Lipinski definition) is 3. The van der Waals surface area contributed by atoms with E-state index in [9.17, 15) is 9.18 Å². The molecule has 0 aliphatic heterocycles. The summed E-state index contributed by atoms with van der Waals surface area (Å²) in [6.07, 6.45) is 4.25. The summed E-state index contributed by atoms with van der Waals surface area (Å²) in [4.78, 5) is 22.3. The molecule has 4 aromatic rings. The van der Waals surface area contributed by atoms with E-state index in [0.29, 0.717) is 24.4 Å². The van der Waals surface area contributed by atoms with E-state index in [1.54, 1.807) is 18.3 Å². The average Bonchev–Trinajstić information content (AvgIpc) is 2.88. The second kappa shape index (κ2) is 10.8. The van der Waals surface area contributed by atoms with Gasteiger partial charge in [-0.15, -0.1) is 0 Å².